The largest absolute Gasteiger partial charge is 0.344 e. The fourth-order valence-corrected chi connectivity index (χ4v) is 1.53. The van der Waals surface area contributed by atoms with E-state index in [-0.39, 0.29) is 6.54 Å². The quantitative estimate of drug-likeness (QED) is 0.788. The molecule has 2 rings (SSSR count). The molecule has 6 nitrogen and oxygen atoms in total. The van der Waals surface area contributed by atoms with E-state index < -0.39 is 11.8 Å². The highest BCUT2D eigenvalue weighted by Gasteiger charge is 2.12. The lowest BCUT2D eigenvalue weighted by Gasteiger charge is -2.06. The van der Waals surface area contributed by atoms with E-state index in [1.165, 1.54) is 0 Å². The zero-order valence-electron chi connectivity index (χ0n) is 10.7. The number of rotatable bonds is 4. The standard InChI is InChI=1S/C14H14N4O2/c19-13(17-9-11-3-6-15-7-4-11)14(20)18-10-12-2-1-5-16-8-12/h1-8H,9-10H2,(H,17,19)(H,18,20). The molecule has 0 aliphatic heterocycles. The first-order chi connectivity index (χ1) is 9.75. The average Bonchev–Trinajstić information content (AvgIpc) is 2.52. The van der Waals surface area contributed by atoms with Crippen LogP contribution in [0.25, 0.3) is 0 Å². The molecule has 102 valence electrons. The Bertz CT molecular complexity index is 519. The fourth-order valence-electron chi connectivity index (χ4n) is 1.53. The van der Waals surface area contributed by atoms with Gasteiger partial charge in [0.05, 0.1) is 0 Å². The molecule has 0 saturated heterocycles. The van der Waals surface area contributed by atoms with Crippen molar-refractivity contribution in [2.75, 3.05) is 0 Å². The number of carbonyl (C=O) groups excluding carboxylic acids is 2. The molecule has 2 aromatic heterocycles. The van der Waals surface area contributed by atoms with Crippen molar-refractivity contribution in [3.05, 3.63) is 60.2 Å². The van der Waals surface area contributed by atoms with Gasteiger partial charge in [0.1, 0.15) is 0 Å². The molecule has 2 N–H and O–H groups in total. The lowest BCUT2D eigenvalue weighted by molar-refractivity contribution is -0.139. The number of amides is 2. The minimum absolute atomic E-state index is 0.273. The first-order valence-corrected chi connectivity index (χ1v) is 6.09. The van der Waals surface area contributed by atoms with Gasteiger partial charge < -0.3 is 10.6 Å². The summed E-state index contributed by atoms with van der Waals surface area (Å²) in [6, 6.07) is 7.13. The molecular weight excluding hydrogens is 256 g/mol. The van der Waals surface area contributed by atoms with Gasteiger partial charge in [-0.2, -0.15) is 0 Å². The van der Waals surface area contributed by atoms with Gasteiger partial charge in [-0.15, -0.1) is 0 Å². The van der Waals surface area contributed by atoms with Crippen LogP contribution in [0.4, 0.5) is 0 Å². The molecule has 0 radical (unpaired) electrons. The second-order valence-electron chi connectivity index (χ2n) is 4.08. The predicted molar refractivity (Wildman–Crippen MR) is 72.2 cm³/mol. The second-order valence-corrected chi connectivity index (χ2v) is 4.08. The summed E-state index contributed by atoms with van der Waals surface area (Å²) in [5.41, 5.74) is 1.72. The number of hydrogen-bond acceptors (Lipinski definition) is 4. The molecular formula is C14H14N4O2. The molecule has 0 aliphatic carbocycles. The molecule has 2 amide bonds. The van der Waals surface area contributed by atoms with Gasteiger partial charge in [-0.1, -0.05) is 6.07 Å². The summed E-state index contributed by atoms with van der Waals surface area (Å²) < 4.78 is 0. The van der Waals surface area contributed by atoms with Gasteiger partial charge >= 0.3 is 11.8 Å². The van der Waals surface area contributed by atoms with Crippen LogP contribution >= 0.6 is 0 Å². The summed E-state index contributed by atoms with van der Waals surface area (Å²) >= 11 is 0. The number of nitrogens with one attached hydrogen (secondary N) is 2. The molecule has 2 aromatic rings. The van der Waals surface area contributed by atoms with E-state index >= 15 is 0 Å². The van der Waals surface area contributed by atoms with Crippen molar-refractivity contribution in [3.8, 4) is 0 Å². The monoisotopic (exact) mass is 270 g/mol. The van der Waals surface area contributed by atoms with E-state index in [1.54, 1.807) is 43.0 Å². The summed E-state index contributed by atoms with van der Waals surface area (Å²) in [6.07, 6.45) is 6.54. The summed E-state index contributed by atoms with van der Waals surface area (Å²) in [7, 11) is 0. The SMILES string of the molecule is O=C(NCc1ccncc1)C(=O)NCc1cccnc1. The van der Waals surface area contributed by atoms with Gasteiger partial charge in [0.25, 0.3) is 0 Å². The highest BCUT2D eigenvalue weighted by atomic mass is 16.2. The topological polar surface area (TPSA) is 84.0 Å². The van der Waals surface area contributed by atoms with Crippen LogP contribution in [-0.4, -0.2) is 21.8 Å². The zero-order valence-corrected chi connectivity index (χ0v) is 10.7. The molecule has 0 bridgehead atoms. The van der Waals surface area contributed by atoms with Gasteiger partial charge in [-0.3, -0.25) is 19.6 Å². The summed E-state index contributed by atoms with van der Waals surface area (Å²) in [5.74, 6) is -1.33. The third-order valence-electron chi connectivity index (χ3n) is 2.58. The van der Waals surface area contributed by atoms with Crippen molar-refractivity contribution in [2.45, 2.75) is 13.1 Å². The number of carbonyl (C=O) groups is 2. The molecule has 0 saturated carbocycles. The maximum Gasteiger partial charge on any atom is 0.309 e. The summed E-state index contributed by atoms with van der Waals surface area (Å²) in [6.45, 7) is 0.566. The first kappa shape index (κ1) is 13.7. The Morgan fingerprint density at radius 2 is 1.50 bits per heavy atom. The fraction of sp³-hybridized carbons (Fsp3) is 0.143. The van der Waals surface area contributed by atoms with Gasteiger partial charge in [0.2, 0.25) is 0 Å². The third kappa shape index (κ3) is 4.16. The highest BCUT2D eigenvalue weighted by Crippen LogP contribution is 1.95. The number of hydrogen-bond donors (Lipinski definition) is 2. The van der Waals surface area contributed by atoms with E-state index in [0.717, 1.165) is 11.1 Å². The molecule has 0 aromatic carbocycles. The van der Waals surface area contributed by atoms with Crippen LogP contribution in [-0.2, 0) is 22.7 Å². The van der Waals surface area contributed by atoms with E-state index in [1.807, 2.05) is 6.07 Å². The maximum absolute atomic E-state index is 11.6. The van der Waals surface area contributed by atoms with Crippen LogP contribution in [0.5, 0.6) is 0 Å². The first-order valence-electron chi connectivity index (χ1n) is 6.09. The molecule has 6 heteroatoms. The Kier molecular flexibility index (Phi) is 4.77. The maximum atomic E-state index is 11.6. The van der Waals surface area contributed by atoms with Crippen molar-refractivity contribution >= 4 is 11.8 Å². The van der Waals surface area contributed by atoms with Gasteiger partial charge in [-0.25, -0.2) is 0 Å². The lowest BCUT2D eigenvalue weighted by atomic mass is 10.2. The lowest BCUT2D eigenvalue weighted by Crippen LogP contribution is -2.39. The van der Waals surface area contributed by atoms with Crippen LogP contribution < -0.4 is 10.6 Å². The van der Waals surface area contributed by atoms with E-state index in [2.05, 4.69) is 20.6 Å². The Hall–Kier alpha value is -2.76. The van der Waals surface area contributed by atoms with Crippen LogP contribution in [0.2, 0.25) is 0 Å². The Morgan fingerprint density at radius 1 is 0.850 bits per heavy atom. The smallest absolute Gasteiger partial charge is 0.309 e. The minimum atomic E-state index is -0.664. The zero-order chi connectivity index (χ0) is 14.2. The van der Waals surface area contributed by atoms with Crippen molar-refractivity contribution < 1.29 is 9.59 Å². The average molecular weight is 270 g/mol. The van der Waals surface area contributed by atoms with Gasteiger partial charge in [0.15, 0.2) is 0 Å². The number of nitrogens with zero attached hydrogens (tertiary/aromatic N) is 2. The normalized spacial score (nSPS) is 9.80. The molecule has 0 atom stereocenters. The van der Waals surface area contributed by atoms with Crippen molar-refractivity contribution in [1.29, 1.82) is 0 Å². The van der Waals surface area contributed by atoms with Crippen LogP contribution in [0.3, 0.4) is 0 Å². The van der Waals surface area contributed by atoms with Crippen molar-refractivity contribution in [3.63, 3.8) is 0 Å². The minimum Gasteiger partial charge on any atom is -0.344 e. The molecule has 0 spiro atoms. The van der Waals surface area contributed by atoms with Crippen molar-refractivity contribution in [1.82, 2.24) is 20.6 Å². The Labute approximate surface area is 116 Å². The third-order valence-corrected chi connectivity index (χ3v) is 2.58. The van der Waals surface area contributed by atoms with Crippen LogP contribution in [0.15, 0.2) is 49.1 Å². The van der Waals surface area contributed by atoms with Crippen LogP contribution in [0.1, 0.15) is 11.1 Å². The second kappa shape index (κ2) is 6.98. The Balaban J connectivity index is 1.76. The summed E-state index contributed by atoms with van der Waals surface area (Å²) in [5, 5.41) is 5.07. The molecule has 0 fully saturated rings. The van der Waals surface area contributed by atoms with E-state index in [4.69, 9.17) is 0 Å². The van der Waals surface area contributed by atoms with Gasteiger partial charge in [0, 0.05) is 37.9 Å². The highest BCUT2D eigenvalue weighted by molar-refractivity contribution is 6.35. The summed E-state index contributed by atoms with van der Waals surface area (Å²) in [4.78, 5) is 31.0. The molecule has 20 heavy (non-hydrogen) atoms. The van der Waals surface area contributed by atoms with Crippen molar-refractivity contribution in [2.24, 2.45) is 0 Å². The van der Waals surface area contributed by atoms with Gasteiger partial charge in [-0.05, 0) is 29.3 Å². The molecule has 0 aliphatic rings. The van der Waals surface area contributed by atoms with Crippen LogP contribution in [0, 0.1) is 0 Å². The number of aromatic nitrogens is 2. The Morgan fingerprint density at radius 3 is 2.10 bits per heavy atom. The molecule has 2 heterocycles. The number of pyridine rings is 2. The predicted octanol–water partition coefficient (Wildman–Crippen LogP) is 0.409. The van der Waals surface area contributed by atoms with E-state index in [9.17, 15) is 9.59 Å². The van der Waals surface area contributed by atoms with E-state index in [0.29, 0.717) is 6.54 Å². The molecule has 0 unspecified atom stereocenters.